The van der Waals surface area contributed by atoms with Crippen molar-refractivity contribution in [3.05, 3.63) is 65.2 Å². The minimum atomic E-state index is -0.685. The number of nitrogens with one attached hydrogen (secondary N) is 1. The molecule has 6 nitrogen and oxygen atoms in total. The molecule has 0 aromatic heterocycles. The molecule has 1 unspecified atom stereocenters. The molecule has 1 saturated heterocycles. The first-order valence-corrected chi connectivity index (χ1v) is 9.74. The van der Waals surface area contributed by atoms with Crippen LogP contribution in [-0.2, 0) is 16.1 Å². The van der Waals surface area contributed by atoms with Crippen LogP contribution in [0.3, 0.4) is 0 Å². The quantitative estimate of drug-likeness (QED) is 0.729. The van der Waals surface area contributed by atoms with Gasteiger partial charge in [0.15, 0.2) is 0 Å². The van der Waals surface area contributed by atoms with Crippen molar-refractivity contribution in [2.75, 3.05) is 39.5 Å². The number of benzene rings is 2. The van der Waals surface area contributed by atoms with Crippen molar-refractivity contribution in [3.8, 4) is 5.75 Å². The first kappa shape index (κ1) is 20.3. The van der Waals surface area contributed by atoms with E-state index in [4.69, 9.17) is 15.2 Å². The van der Waals surface area contributed by atoms with Gasteiger partial charge in [-0.25, -0.2) is 0 Å². The second-order valence-electron chi connectivity index (χ2n) is 7.02. The Morgan fingerprint density at radius 2 is 1.89 bits per heavy atom. The summed E-state index contributed by atoms with van der Waals surface area (Å²) in [5.41, 5.74) is 8.98. The predicted octanol–water partition coefficient (Wildman–Crippen LogP) is 2.02. The number of hydrogen-bond acceptors (Lipinski definition) is 5. The molecular weight excluding hydrogens is 354 g/mol. The van der Waals surface area contributed by atoms with Crippen LogP contribution in [0.5, 0.6) is 5.75 Å². The van der Waals surface area contributed by atoms with Crippen LogP contribution in [0.25, 0.3) is 0 Å². The van der Waals surface area contributed by atoms with Gasteiger partial charge in [0.1, 0.15) is 18.4 Å². The maximum atomic E-state index is 12.4. The zero-order valence-electron chi connectivity index (χ0n) is 16.4. The average molecular weight is 383 g/mol. The molecule has 0 spiro atoms. The van der Waals surface area contributed by atoms with E-state index in [0.29, 0.717) is 13.2 Å². The van der Waals surface area contributed by atoms with Crippen molar-refractivity contribution in [2.45, 2.75) is 19.5 Å². The van der Waals surface area contributed by atoms with Gasteiger partial charge in [-0.05, 0) is 18.6 Å². The number of morpholine rings is 1. The van der Waals surface area contributed by atoms with Crippen LogP contribution in [-0.4, -0.2) is 50.3 Å². The lowest BCUT2D eigenvalue weighted by Crippen LogP contribution is -2.38. The number of nitrogens with two attached hydrogens (primary N) is 1. The van der Waals surface area contributed by atoms with Gasteiger partial charge in [-0.15, -0.1) is 0 Å². The number of aryl methyl sites for hydroxylation is 1. The highest BCUT2D eigenvalue weighted by Gasteiger charge is 2.16. The summed E-state index contributed by atoms with van der Waals surface area (Å²) in [5, 5.41) is 2.92. The molecule has 6 heteroatoms. The van der Waals surface area contributed by atoms with Gasteiger partial charge in [0.25, 0.3) is 0 Å². The van der Waals surface area contributed by atoms with E-state index in [2.05, 4.69) is 10.2 Å². The minimum Gasteiger partial charge on any atom is -0.492 e. The number of nitrogens with zero attached hydrogens (tertiary/aromatic N) is 1. The first-order valence-electron chi connectivity index (χ1n) is 9.74. The average Bonchev–Trinajstić information content (AvgIpc) is 2.73. The predicted molar refractivity (Wildman–Crippen MR) is 109 cm³/mol. The van der Waals surface area contributed by atoms with E-state index in [1.807, 2.05) is 55.5 Å². The fourth-order valence-electron chi connectivity index (χ4n) is 3.12. The molecule has 0 aliphatic carbocycles. The molecule has 150 valence electrons. The largest absolute Gasteiger partial charge is 0.492 e. The van der Waals surface area contributed by atoms with Crippen LogP contribution in [0.15, 0.2) is 48.5 Å². The van der Waals surface area contributed by atoms with E-state index in [-0.39, 0.29) is 5.91 Å². The Balaban J connectivity index is 1.51. The van der Waals surface area contributed by atoms with E-state index >= 15 is 0 Å². The summed E-state index contributed by atoms with van der Waals surface area (Å²) < 4.78 is 11.3. The van der Waals surface area contributed by atoms with E-state index in [1.165, 1.54) is 0 Å². The third-order valence-corrected chi connectivity index (χ3v) is 4.91. The van der Waals surface area contributed by atoms with E-state index in [1.54, 1.807) is 0 Å². The van der Waals surface area contributed by atoms with Crippen LogP contribution in [0.4, 0.5) is 0 Å². The number of rotatable bonds is 8. The zero-order chi connectivity index (χ0) is 19.8. The molecule has 1 aliphatic rings. The molecule has 2 aromatic rings. The summed E-state index contributed by atoms with van der Waals surface area (Å²) in [6, 6.07) is 14.8. The SMILES string of the molecule is Cc1ccc(C(N)C(=O)NCc2ccccc2OCCN2CCOCC2)cc1. The summed E-state index contributed by atoms with van der Waals surface area (Å²) in [6.45, 7) is 7.30. The van der Waals surface area contributed by atoms with Gasteiger partial charge in [0, 0.05) is 31.7 Å². The third kappa shape index (κ3) is 5.79. The Morgan fingerprint density at radius 3 is 2.64 bits per heavy atom. The van der Waals surface area contributed by atoms with E-state index in [0.717, 1.165) is 55.3 Å². The molecule has 28 heavy (non-hydrogen) atoms. The van der Waals surface area contributed by atoms with Crippen molar-refractivity contribution < 1.29 is 14.3 Å². The molecule has 2 aromatic carbocycles. The van der Waals surface area contributed by atoms with Gasteiger partial charge < -0.3 is 20.5 Å². The Kier molecular flexibility index (Phi) is 7.42. The summed E-state index contributed by atoms with van der Waals surface area (Å²) >= 11 is 0. The topological polar surface area (TPSA) is 76.8 Å². The fourth-order valence-corrected chi connectivity index (χ4v) is 3.12. The summed E-state index contributed by atoms with van der Waals surface area (Å²) in [6.07, 6.45) is 0. The number of para-hydroxylation sites is 1. The Bertz CT molecular complexity index is 758. The summed E-state index contributed by atoms with van der Waals surface area (Å²) in [4.78, 5) is 14.8. The molecule has 0 radical (unpaired) electrons. The minimum absolute atomic E-state index is 0.202. The molecular formula is C22H29N3O3. The van der Waals surface area contributed by atoms with Crippen molar-refractivity contribution in [3.63, 3.8) is 0 Å². The fraction of sp³-hybridized carbons (Fsp3) is 0.409. The molecule has 0 bridgehead atoms. The number of carbonyl (C=O) groups excluding carboxylic acids is 1. The first-order chi connectivity index (χ1) is 13.6. The smallest absolute Gasteiger partial charge is 0.241 e. The Hall–Kier alpha value is -2.41. The highest BCUT2D eigenvalue weighted by atomic mass is 16.5. The van der Waals surface area contributed by atoms with Crippen LogP contribution in [0, 0.1) is 6.92 Å². The summed E-state index contributed by atoms with van der Waals surface area (Å²) in [7, 11) is 0. The van der Waals surface area contributed by atoms with Gasteiger partial charge in [-0.2, -0.15) is 0 Å². The van der Waals surface area contributed by atoms with Crippen LogP contribution < -0.4 is 15.8 Å². The van der Waals surface area contributed by atoms with Crippen molar-refractivity contribution in [1.82, 2.24) is 10.2 Å². The van der Waals surface area contributed by atoms with Gasteiger partial charge in [0.05, 0.1) is 13.2 Å². The van der Waals surface area contributed by atoms with E-state index < -0.39 is 6.04 Å². The van der Waals surface area contributed by atoms with Crippen molar-refractivity contribution >= 4 is 5.91 Å². The molecule has 1 heterocycles. The highest BCUT2D eigenvalue weighted by Crippen LogP contribution is 2.18. The lowest BCUT2D eigenvalue weighted by molar-refractivity contribution is -0.122. The normalized spacial score (nSPS) is 15.8. The summed E-state index contributed by atoms with van der Waals surface area (Å²) in [5.74, 6) is 0.590. The molecule has 0 saturated carbocycles. The van der Waals surface area contributed by atoms with Crippen molar-refractivity contribution in [2.24, 2.45) is 5.73 Å². The van der Waals surface area contributed by atoms with Gasteiger partial charge in [0.2, 0.25) is 5.91 Å². The number of amides is 1. The van der Waals surface area contributed by atoms with Crippen LogP contribution in [0.2, 0.25) is 0 Å². The van der Waals surface area contributed by atoms with Gasteiger partial charge in [-0.1, -0.05) is 48.0 Å². The molecule has 3 rings (SSSR count). The second-order valence-corrected chi connectivity index (χ2v) is 7.02. The van der Waals surface area contributed by atoms with Gasteiger partial charge in [-0.3, -0.25) is 9.69 Å². The van der Waals surface area contributed by atoms with Crippen LogP contribution in [0.1, 0.15) is 22.7 Å². The van der Waals surface area contributed by atoms with E-state index in [9.17, 15) is 4.79 Å². The zero-order valence-corrected chi connectivity index (χ0v) is 16.4. The standard InChI is InChI=1S/C22H29N3O3/c1-17-6-8-18(9-7-17)21(23)22(26)24-16-19-4-2-3-5-20(19)28-15-12-25-10-13-27-14-11-25/h2-9,21H,10-16,23H2,1H3,(H,24,26). The van der Waals surface area contributed by atoms with Gasteiger partial charge >= 0.3 is 0 Å². The highest BCUT2D eigenvalue weighted by molar-refractivity contribution is 5.82. The second kappa shape index (κ2) is 10.2. The third-order valence-electron chi connectivity index (χ3n) is 4.91. The number of hydrogen-bond donors (Lipinski definition) is 2. The molecule has 1 aliphatic heterocycles. The Labute approximate surface area is 166 Å². The van der Waals surface area contributed by atoms with Crippen molar-refractivity contribution in [1.29, 1.82) is 0 Å². The maximum Gasteiger partial charge on any atom is 0.241 e. The molecule has 1 fully saturated rings. The Morgan fingerprint density at radius 1 is 1.18 bits per heavy atom. The number of carbonyl (C=O) groups is 1. The lowest BCUT2D eigenvalue weighted by Gasteiger charge is -2.26. The molecule has 3 N–H and O–H groups in total. The lowest BCUT2D eigenvalue weighted by atomic mass is 10.1. The van der Waals surface area contributed by atoms with Crippen LogP contribution >= 0.6 is 0 Å². The number of ether oxygens (including phenoxy) is 2. The molecule has 1 atom stereocenters. The maximum absolute atomic E-state index is 12.4. The molecule has 1 amide bonds. The monoisotopic (exact) mass is 383 g/mol.